The van der Waals surface area contributed by atoms with E-state index in [1.807, 2.05) is 30.3 Å². The van der Waals surface area contributed by atoms with Gasteiger partial charge >= 0.3 is 23.9 Å². The van der Waals surface area contributed by atoms with Crippen molar-refractivity contribution >= 4 is 29.8 Å². The molecule has 4 atom stereocenters. The third kappa shape index (κ3) is 17.5. The third-order valence-corrected chi connectivity index (χ3v) is 6.21. The van der Waals surface area contributed by atoms with Crippen LogP contribution >= 0.6 is 0 Å². The Morgan fingerprint density at radius 1 is 0.771 bits per heavy atom. The molecule has 0 spiro atoms. The van der Waals surface area contributed by atoms with E-state index in [1.165, 1.54) is 0 Å². The van der Waals surface area contributed by atoms with Crippen molar-refractivity contribution in [2.24, 2.45) is 34.4 Å². The summed E-state index contributed by atoms with van der Waals surface area (Å²) in [5.74, 6) is -3.91. The number of nitrogens with two attached hydrogens (primary N) is 6. The molecule has 3 aromatic rings. The van der Waals surface area contributed by atoms with Crippen molar-refractivity contribution in [3.05, 3.63) is 83.9 Å². The van der Waals surface area contributed by atoms with Crippen LogP contribution in [0.3, 0.4) is 0 Å². The summed E-state index contributed by atoms with van der Waals surface area (Å²) in [6.07, 6.45) is 4.97. The standard InChI is InChI=1S/C21H25N3O6.C5H9N3.C5H10N2O3/c22-16(20(27)29-12-18(24)19(25)26)11-14-6-8-15(9-7-14)30-21(28)17(23)10-13-4-2-1-3-5-13;6-2-1-5-3-7-4-8-5;6-3(5(9)10)1-2-4(7)8/h1-9,16-18H,10-12,22-24H2,(H,25,26);3-4H,1-2,6H2,(H,7,8);3H,1-2,6H2,(H2,7,8)(H,9,10)/t16-,17-,18-;;3-/m0.0/s1. The summed E-state index contributed by atoms with van der Waals surface area (Å²) >= 11 is 0. The number of hydrogen-bond acceptors (Lipinski definition) is 13. The molecule has 0 bridgehead atoms. The van der Waals surface area contributed by atoms with Crippen molar-refractivity contribution in [1.29, 1.82) is 0 Å². The quantitative estimate of drug-likeness (QED) is 0.0621. The molecule has 0 saturated carbocycles. The minimum Gasteiger partial charge on any atom is -0.480 e. The predicted molar refractivity (Wildman–Crippen MR) is 174 cm³/mol. The van der Waals surface area contributed by atoms with Crippen molar-refractivity contribution in [3.63, 3.8) is 0 Å². The topological polar surface area (TPSA) is 329 Å². The summed E-state index contributed by atoms with van der Waals surface area (Å²) in [5.41, 5.74) is 34.8. The van der Waals surface area contributed by atoms with Crippen molar-refractivity contribution in [1.82, 2.24) is 9.97 Å². The first-order valence-corrected chi connectivity index (χ1v) is 14.7. The summed E-state index contributed by atoms with van der Waals surface area (Å²) in [7, 11) is 0. The first kappa shape index (κ1) is 40.8. The molecule has 0 aliphatic carbocycles. The molecule has 17 nitrogen and oxygen atoms in total. The summed E-state index contributed by atoms with van der Waals surface area (Å²) in [4.78, 5) is 61.5. The third-order valence-electron chi connectivity index (χ3n) is 6.21. The lowest BCUT2D eigenvalue weighted by Gasteiger charge is -2.14. The Morgan fingerprint density at radius 2 is 1.33 bits per heavy atom. The number of amides is 1. The van der Waals surface area contributed by atoms with E-state index in [4.69, 9.17) is 54.1 Å². The van der Waals surface area contributed by atoms with Crippen LogP contribution in [0.15, 0.2) is 67.1 Å². The molecule has 0 saturated heterocycles. The number of carboxylic acids is 2. The number of aliphatic carboxylic acids is 2. The number of aromatic amines is 1. The summed E-state index contributed by atoms with van der Waals surface area (Å²) in [5, 5.41) is 16.9. The molecule has 0 unspecified atom stereocenters. The number of carbonyl (C=O) groups is 5. The van der Waals surface area contributed by atoms with Crippen LogP contribution < -0.4 is 39.1 Å². The number of carboxylic acid groups (broad SMARTS) is 2. The number of primary amides is 1. The Kier molecular flexibility index (Phi) is 19.0. The molecule has 1 aromatic heterocycles. The number of carbonyl (C=O) groups excluding carboxylic acids is 3. The summed E-state index contributed by atoms with van der Waals surface area (Å²) in [6, 6.07) is 11.8. The summed E-state index contributed by atoms with van der Waals surface area (Å²) in [6.45, 7) is 0.224. The Balaban J connectivity index is 0.000000518. The van der Waals surface area contributed by atoms with Gasteiger partial charge in [-0.25, -0.2) is 9.78 Å². The number of rotatable bonds is 16. The van der Waals surface area contributed by atoms with Crippen molar-refractivity contribution in [3.8, 4) is 5.75 Å². The first-order chi connectivity index (χ1) is 22.7. The molecule has 3 rings (SSSR count). The molecule has 0 radical (unpaired) electrons. The lowest BCUT2D eigenvalue weighted by atomic mass is 10.1. The zero-order chi connectivity index (χ0) is 36.1. The van der Waals surface area contributed by atoms with Crippen LogP contribution in [0.25, 0.3) is 0 Å². The minimum absolute atomic E-state index is 0.0213. The molecule has 0 fully saturated rings. The number of benzene rings is 2. The van der Waals surface area contributed by atoms with Crippen LogP contribution in [0.4, 0.5) is 0 Å². The van der Waals surface area contributed by atoms with Crippen LogP contribution in [-0.2, 0) is 48.0 Å². The maximum Gasteiger partial charge on any atom is 0.328 e. The average Bonchev–Trinajstić information content (AvgIpc) is 3.57. The van der Waals surface area contributed by atoms with Gasteiger partial charge < -0.3 is 59.1 Å². The lowest BCUT2D eigenvalue weighted by molar-refractivity contribution is -0.149. The van der Waals surface area contributed by atoms with Gasteiger partial charge in [0.1, 0.15) is 36.5 Å². The van der Waals surface area contributed by atoms with Gasteiger partial charge in [0.25, 0.3) is 0 Å². The normalized spacial score (nSPS) is 12.8. The largest absolute Gasteiger partial charge is 0.480 e. The Morgan fingerprint density at radius 3 is 1.83 bits per heavy atom. The predicted octanol–water partition coefficient (Wildman–Crippen LogP) is -1.44. The van der Waals surface area contributed by atoms with E-state index in [0.717, 1.165) is 17.7 Å². The van der Waals surface area contributed by atoms with Crippen molar-refractivity contribution < 1.29 is 43.7 Å². The van der Waals surface area contributed by atoms with E-state index in [1.54, 1.807) is 36.8 Å². The molecule has 0 aliphatic rings. The van der Waals surface area contributed by atoms with Crippen LogP contribution in [-0.4, -0.2) is 87.3 Å². The molecule has 2 aromatic carbocycles. The number of ether oxygens (including phenoxy) is 2. The van der Waals surface area contributed by atoms with Gasteiger partial charge in [-0.15, -0.1) is 0 Å². The molecule has 1 heterocycles. The van der Waals surface area contributed by atoms with Gasteiger partial charge in [-0.3, -0.25) is 19.2 Å². The van der Waals surface area contributed by atoms with E-state index < -0.39 is 60.6 Å². The molecule has 15 N–H and O–H groups in total. The van der Waals surface area contributed by atoms with Gasteiger partial charge in [-0.2, -0.15) is 0 Å². The maximum atomic E-state index is 12.2. The second-order valence-electron chi connectivity index (χ2n) is 10.3. The fourth-order valence-corrected chi connectivity index (χ4v) is 3.52. The van der Waals surface area contributed by atoms with Crippen molar-refractivity contribution in [2.45, 2.75) is 56.3 Å². The number of imidazole rings is 1. The monoisotopic (exact) mass is 672 g/mol. The van der Waals surface area contributed by atoms with Gasteiger partial charge in [-0.05, 0) is 49.1 Å². The highest BCUT2D eigenvalue weighted by atomic mass is 16.5. The van der Waals surface area contributed by atoms with Gasteiger partial charge in [-0.1, -0.05) is 42.5 Å². The van der Waals surface area contributed by atoms with Crippen LogP contribution in [0.2, 0.25) is 0 Å². The maximum absolute atomic E-state index is 12.2. The van der Waals surface area contributed by atoms with E-state index in [2.05, 4.69) is 9.97 Å². The fourth-order valence-electron chi connectivity index (χ4n) is 3.52. The minimum atomic E-state index is -1.30. The second kappa shape index (κ2) is 22.3. The molecule has 262 valence electrons. The molecule has 0 aliphatic heterocycles. The highest BCUT2D eigenvalue weighted by Crippen LogP contribution is 2.15. The molecule has 48 heavy (non-hydrogen) atoms. The number of aromatic nitrogens is 2. The second-order valence-corrected chi connectivity index (χ2v) is 10.3. The Labute approximate surface area is 276 Å². The molecule has 1 amide bonds. The first-order valence-electron chi connectivity index (χ1n) is 14.7. The van der Waals surface area contributed by atoms with Gasteiger partial charge in [0, 0.05) is 24.7 Å². The van der Waals surface area contributed by atoms with Crippen LogP contribution in [0.5, 0.6) is 5.75 Å². The van der Waals surface area contributed by atoms with Gasteiger partial charge in [0.05, 0.1) is 6.33 Å². The number of nitrogens with zero attached hydrogens (tertiary/aromatic N) is 1. The Hall–Kier alpha value is -5.20. The smallest absolute Gasteiger partial charge is 0.328 e. The Bertz CT molecular complexity index is 1410. The fraction of sp³-hybridized carbons (Fsp3) is 0.355. The zero-order valence-electron chi connectivity index (χ0n) is 26.3. The van der Waals surface area contributed by atoms with Gasteiger partial charge in [0.2, 0.25) is 5.91 Å². The molecular weight excluding hydrogens is 628 g/mol. The summed E-state index contributed by atoms with van der Waals surface area (Å²) < 4.78 is 10.1. The number of nitrogens with one attached hydrogen (secondary N) is 1. The average molecular weight is 673 g/mol. The van der Waals surface area contributed by atoms with E-state index in [0.29, 0.717) is 24.3 Å². The van der Waals surface area contributed by atoms with E-state index in [-0.39, 0.29) is 19.3 Å². The van der Waals surface area contributed by atoms with E-state index in [9.17, 15) is 24.0 Å². The SMILES string of the molecule is NC(=O)CC[C@H](N)C(=O)O.NCCc1cnc[nH]1.N[C@@H](COC(=O)[C@@H](N)Cc1ccc(OC(=O)[C@@H](N)Cc2ccccc2)cc1)C(=O)O. The van der Waals surface area contributed by atoms with Crippen LogP contribution in [0, 0.1) is 0 Å². The van der Waals surface area contributed by atoms with Gasteiger partial charge in [0.15, 0.2) is 0 Å². The number of H-pyrrole nitrogens is 1. The molecule has 17 heteroatoms. The lowest BCUT2D eigenvalue weighted by Crippen LogP contribution is -2.40. The number of hydrogen-bond donors (Lipinski definition) is 9. The van der Waals surface area contributed by atoms with Crippen molar-refractivity contribution in [2.75, 3.05) is 13.2 Å². The van der Waals surface area contributed by atoms with E-state index >= 15 is 0 Å². The zero-order valence-corrected chi connectivity index (χ0v) is 26.3. The van der Waals surface area contributed by atoms with Crippen LogP contribution in [0.1, 0.15) is 29.7 Å². The highest BCUT2D eigenvalue weighted by molar-refractivity contribution is 5.79. The molecular formula is C31H44N8O9. The number of esters is 2. The highest BCUT2D eigenvalue weighted by Gasteiger charge is 2.20.